The van der Waals surface area contributed by atoms with Crippen molar-refractivity contribution in [2.24, 2.45) is 11.8 Å². The van der Waals surface area contributed by atoms with Gasteiger partial charge in [0.05, 0.1) is 7.11 Å². The van der Waals surface area contributed by atoms with Crippen molar-refractivity contribution in [2.45, 2.75) is 26.7 Å². The van der Waals surface area contributed by atoms with Crippen LogP contribution in [-0.4, -0.2) is 12.4 Å². The fourth-order valence-corrected chi connectivity index (χ4v) is 2.54. The van der Waals surface area contributed by atoms with Gasteiger partial charge in [0.25, 0.3) is 0 Å². The Kier molecular flexibility index (Phi) is 5.96. The zero-order valence-electron chi connectivity index (χ0n) is 10.7. The molecule has 1 aromatic carbocycles. The molecule has 1 atom stereocenters. The van der Waals surface area contributed by atoms with Crippen LogP contribution in [0.2, 0.25) is 0 Å². The van der Waals surface area contributed by atoms with Crippen LogP contribution in [0.25, 0.3) is 0 Å². The van der Waals surface area contributed by atoms with Gasteiger partial charge in [0, 0.05) is 5.33 Å². The van der Waals surface area contributed by atoms with E-state index in [-0.39, 0.29) is 5.82 Å². The number of alkyl halides is 1. The second kappa shape index (κ2) is 7.00. The van der Waals surface area contributed by atoms with E-state index in [0.717, 1.165) is 23.7 Å². The second-order valence-electron chi connectivity index (χ2n) is 4.79. The Morgan fingerprint density at radius 3 is 2.59 bits per heavy atom. The Balaban J connectivity index is 2.79. The third kappa shape index (κ3) is 4.30. The van der Waals surface area contributed by atoms with Gasteiger partial charge in [-0.05, 0) is 36.3 Å². The third-order valence-corrected chi connectivity index (χ3v) is 3.71. The summed E-state index contributed by atoms with van der Waals surface area (Å²) in [5.41, 5.74) is 0.745. The molecule has 96 valence electrons. The standard InChI is InChI=1S/C14H20BrFO/c1-10(2)7-11(9-15)8-12-5-4-6-13(17-3)14(12)16/h4-6,10-11H,7-9H2,1-3H3. The van der Waals surface area contributed by atoms with Gasteiger partial charge in [-0.2, -0.15) is 0 Å². The van der Waals surface area contributed by atoms with Crippen LogP contribution < -0.4 is 4.74 Å². The average Bonchev–Trinajstić information content (AvgIpc) is 2.30. The summed E-state index contributed by atoms with van der Waals surface area (Å²) in [5.74, 6) is 1.22. The molecule has 1 rings (SSSR count). The lowest BCUT2D eigenvalue weighted by molar-refractivity contribution is 0.379. The Bertz CT molecular complexity index is 352. The quantitative estimate of drug-likeness (QED) is 0.706. The molecule has 0 amide bonds. The number of halogens is 2. The van der Waals surface area contributed by atoms with Gasteiger partial charge in [0.2, 0.25) is 0 Å². The number of methoxy groups -OCH3 is 1. The molecule has 0 aliphatic heterocycles. The Morgan fingerprint density at radius 1 is 1.35 bits per heavy atom. The highest BCUT2D eigenvalue weighted by Gasteiger charge is 2.15. The predicted molar refractivity (Wildman–Crippen MR) is 73.4 cm³/mol. The van der Waals surface area contributed by atoms with Crippen LogP contribution in [-0.2, 0) is 6.42 Å². The fraction of sp³-hybridized carbons (Fsp3) is 0.571. The van der Waals surface area contributed by atoms with Crippen LogP contribution in [0, 0.1) is 17.7 Å². The molecular formula is C14H20BrFO. The largest absolute Gasteiger partial charge is 0.494 e. The molecule has 0 radical (unpaired) electrons. The lowest BCUT2D eigenvalue weighted by atomic mass is 9.92. The van der Waals surface area contributed by atoms with Crippen molar-refractivity contribution in [2.75, 3.05) is 12.4 Å². The highest BCUT2D eigenvalue weighted by molar-refractivity contribution is 9.09. The van der Waals surface area contributed by atoms with Crippen LogP contribution in [0.3, 0.4) is 0 Å². The first-order valence-electron chi connectivity index (χ1n) is 5.95. The van der Waals surface area contributed by atoms with Crippen molar-refractivity contribution < 1.29 is 9.13 Å². The lowest BCUT2D eigenvalue weighted by Gasteiger charge is -2.17. The van der Waals surface area contributed by atoms with Crippen molar-refractivity contribution in [1.82, 2.24) is 0 Å². The summed E-state index contributed by atoms with van der Waals surface area (Å²) in [6, 6.07) is 5.34. The van der Waals surface area contributed by atoms with E-state index in [1.807, 2.05) is 12.1 Å². The fourth-order valence-electron chi connectivity index (χ4n) is 2.05. The van der Waals surface area contributed by atoms with E-state index in [2.05, 4.69) is 29.8 Å². The van der Waals surface area contributed by atoms with E-state index in [1.54, 1.807) is 6.07 Å². The summed E-state index contributed by atoms with van der Waals surface area (Å²) in [4.78, 5) is 0. The molecule has 0 N–H and O–H groups in total. The first-order chi connectivity index (χ1) is 8.08. The van der Waals surface area contributed by atoms with E-state index >= 15 is 0 Å². The van der Waals surface area contributed by atoms with Gasteiger partial charge in [-0.15, -0.1) is 0 Å². The molecule has 17 heavy (non-hydrogen) atoms. The molecule has 0 heterocycles. The molecule has 0 aliphatic rings. The van der Waals surface area contributed by atoms with Crippen LogP contribution in [0.1, 0.15) is 25.8 Å². The maximum absolute atomic E-state index is 14.0. The Labute approximate surface area is 111 Å². The zero-order valence-corrected chi connectivity index (χ0v) is 12.3. The first kappa shape index (κ1) is 14.5. The van der Waals surface area contributed by atoms with Crippen molar-refractivity contribution in [1.29, 1.82) is 0 Å². The molecule has 1 aromatic rings. The molecular weight excluding hydrogens is 283 g/mol. The van der Waals surface area contributed by atoms with Crippen molar-refractivity contribution >= 4 is 15.9 Å². The Hall–Kier alpha value is -0.570. The number of rotatable bonds is 6. The van der Waals surface area contributed by atoms with Gasteiger partial charge < -0.3 is 4.74 Å². The summed E-state index contributed by atoms with van der Waals surface area (Å²) >= 11 is 3.51. The van der Waals surface area contributed by atoms with Crippen molar-refractivity contribution in [3.63, 3.8) is 0 Å². The average molecular weight is 303 g/mol. The monoisotopic (exact) mass is 302 g/mol. The highest BCUT2D eigenvalue weighted by Crippen LogP contribution is 2.25. The lowest BCUT2D eigenvalue weighted by Crippen LogP contribution is -2.11. The normalized spacial score (nSPS) is 12.8. The summed E-state index contributed by atoms with van der Waals surface area (Å²) in [5, 5.41) is 0.905. The molecule has 0 aromatic heterocycles. The maximum atomic E-state index is 14.0. The van der Waals surface area contributed by atoms with E-state index in [1.165, 1.54) is 7.11 Å². The van der Waals surface area contributed by atoms with E-state index in [0.29, 0.717) is 17.6 Å². The minimum atomic E-state index is -0.218. The number of ether oxygens (including phenoxy) is 1. The zero-order chi connectivity index (χ0) is 12.8. The van der Waals surface area contributed by atoms with Gasteiger partial charge in [0.1, 0.15) is 0 Å². The first-order valence-corrected chi connectivity index (χ1v) is 7.08. The van der Waals surface area contributed by atoms with E-state index in [9.17, 15) is 4.39 Å². The van der Waals surface area contributed by atoms with Gasteiger partial charge in [0.15, 0.2) is 11.6 Å². The smallest absolute Gasteiger partial charge is 0.168 e. The number of hydrogen-bond donors (Lipinski definition) is 0. The summed E-state index contributed by atoms with van der Waals surface area (Å²) in [7, 11) is 1.50. The molecule has 0 spiro atoms. The predicted octanol–water partition coefficient (Wildman–Crippen LogP) is 4.43. The third-order valence-electron chi connectivity index (χ3n) is 2.79. The summed E-state index contributed by atoms with van der Waals surface area (Å²) in [6.45, 7) is 4.38. The second-order valence-corrected chi connectivity index (χ2v) is 5.43. The van der Waals surface area contributed by atoms with Crippen LogP contribution in [0.4, 0.5) is 4.39 Å². The molecule has 0 saturated heterocycles. The van der Waals surface area contributed by atoms with E-state index in [4.69, 9.17) is 4.74 Å². The topological polar surface area (TPSA) is 9.23 Å². The number of hydrogen-bond acceptors (Lipinski definition) is 1. The number of benzene rings is 1. The molecule has 0 saturated carbocycles. The molecule has 0 fully saturated rings. The summed E-state index contributed by atoms with van der Waals surface area (Å²) in [6.07, 6.45) is 1.86. The van der Waals surface area contributed by atoms with Gasteiger partial charge in [-0.3, -0.25) is 0 Å². The van der Waals surface area contributed by atoms with Gasteiger partial charge in [-0.25, -0.2) is 4.39 Å². The Morgan fingerprint density at radius 2 is 2.06 bits per heavy atom. The van der Waals surface area contributed by atoms with E-state index < -0.39 is 0 Å². The molecule has 0 aliphatic carbocycles. The molecule has 3 heteroatoms. The maximum Gasteiger partial charge on any atom is 0.168 e. The van der Waals surface area contributed by atoms with Crippen LogP contribution in [0.5, 0.6) is 5.75 Å². The van der Waals surface area contributed by atoms with Crippen molar-refractivity contribution in [3.05, 3.63) is 29.6 Å². The molecule has 1 nitrogen and oxygen atoms in total. The van der Waals surface area contributed by atoms with Crippen LogP contribution in [0.15, 0.2) is 18.2 Å². The van der Waals surface area contributed by atoms with Crippen molar-refractivity contribution in [3.8, 4) is 5.75 Å². The SMILES string of the molecule is COc1cccc(CC(CBr)CC(C)C)c1F. The molecule has 1 unspecified atom stereocenters. The molecule has 0 bridgehead atoms. The summed E-state index contributed by atoms with van der Waals surface area (Å²) < 4.78 is 19.0. The van der Waals surface area contributed by atoms with Crippen LogP contribution >= 0.6 is 15.9 Å². The minimum absolute atomic E-state index is 0.218. The van der Waals surface area contributed by atoms with Gasteiger partial charge >= 0.3 is 0 Å². The minimum Gasteiger partial charge on any atom is -0.494 e. The van der Waals surface area contributed by atoms with Gasteiger partial charge in [-0.1, -0.05) is 41.9 Å². The highest BCUT2D eigenvalue weighted by atomic mass is 79.9.